The normalized spacial score (nSPS) is 17.4. The summed E-state index contributed by atoms with van der Waals surface area (Å²) in [7, 11) is 1.74. The standard InChI is InChI=1S/C16H25NO2/c1-11(2)14-6-13(12(3)5-15(14)18-4)7-16(8-17)9-19-10-16/h5-6,11H,7-10,17H2,1-4H3. The van der Waals surface area contributed by atoms with Crippen molar-refractivity contribution in [1.82, 2.24) is 0 Å². The van der Waals surface area contributed by atoms with Gasteiger partial charge in [-0.2, -0.15) is 0 Å². The van der Waals surface area contributed by atoms with Crippen molar-refractivity contribution in [2.24, 2.45) is 11.1 Å². The van der Waals surface area contributed by atoms with E-state index >= 15 is 0 Å². The molecule has 19 heavy (non-hydrogen) atoms. The van der Waals surface area contributed by atoms with Gasteiger partial charge in [0, 0.05) is 12.0 Å². The molecule has 1 aromatic rings. The first-order valence-electron chi connectivity index (χ1n) is 6.96. The highest BCUT2D eigenvalue weighted by Gasteiger charge is 2.37. The molecule has 3 nitrogen and oxygen atoms in total. The second-order valence-corrected chi connectivity index (χ2v) is 6.05. The second-order valence-electron chi connectivity index (χ2n) is 6.05. The van der Waals surface area contributed by atoms with Crippen molar-refractivity contribution >= 4 is 0 Å². The third-order valence-electron chi connectivity index (χ3n) is 4.13. The summed E-state index contributed by atoms with van der Waals surface area (Å²) in [6, 6.07) is 4.43. The maximum atomic E-state index is 5.92. The monoisotopic (exact) mass is 263 g/mol. The molecule has 0 bridgehead atoms. The molecule has 1 aromatic carbocycles. The van der Waals surface area contributed by atoms with Gasteiger partial charge in [0.2, 0.25) is 0 Å². The molecular formula is C16H25NO2. The van der Waals surface area contributed by atoms with Gasteiger partial charge in [-0.15, -0.1) is 0 Å². The van der Waals surface area contributed by atoms with Gasteiger partial charge in [-0.3, -0.25) is 0 Å². The lowest BCUT2D eigenvalue weighted by molar-refractivity contribution is -0.106. The Morgan fingerprint density at radius 1 is 1.37 bits per heavy atom. The summed E-state index contributed by atoms with van der Waals surface area (Å²) in [6.07, 6.45) is 0.999. The molecule has 2 rings (SSSR count). The molecule has 106 valence electrons. The summed E-state index contributed by atoms with van der Waals surface area (Å²) in [5.41, 5.74) is 9.99. The summed E-state index contributed by atoms with van der Waals surface area (Å²) in [5.74, 6) is 1.45. The zero-order chi connectivity index (χ0) is 14.0. The van der Waals surface area contributed by atoms with E-state index < -0.39 is 0 Å². The fraction of sp³-hybridized carbons (Fsp3) is 0.625. The molecule has 0 spiro atoms. The van der Waals surface area contributed by atoms with E-state index in [2.05, 4.69) is 32.9 Å². The molecule has 0 aromatic heterocycles. The van der Waals surface area contributed by atoms with Crippen LogP contribution in [0.3, 0.4) is 0 Å². The van der Waals surface area contributed by atoms with Gasteiger partial charge in [0.1, 0.15) is 5.75 Å². The molecular weight excluding hydrogens is 238 g/mol. The van der Waals surface area contributed by atoms with Crippen LogP contribution >= 0.6 is 0 Å². The van der Waals surface area contributed by atoms with Crippen LogP contribution in [0.25, 0.3) is 0 Å². The molecule has 2 N–H and O–H groups in total. The third-order valence-corrected chi connectivity index (χ3v) is 4.13. The zero-order valence-electron chi connectivity index (χ0n) is 12.5. The number of ether oxygens (including phenoxy) is 2. The van der Waals surface area contributed by atoms with E-state index in [4.69, 9.17) is 15.2 Å². The van der Waals surface area contributed by atoms with E-state index in [1.54, 1.807) is 7.11 Å². The van der Waals surface area contributed by atoms with Gasteiger partial charge in [-0.25, -0.2) is 0 Å². The Balaban J connectivity index is 2.32. The highest BCUT2D eigenvalue weighted by molar-refractivity contribution is 5.44. The molecule has 1 saturated heterocycles. The SMILES string of the molecule is COc1cc(C)c(CC2(CN)COC2)cc1C(C)C. The number of hydrogen-bond acceptors (Lipinski definition) is 3. The molecule has 0 saturated carbocycles. The molecule has 0 atom stereocenters. The van der Waals surface area contributed by atoms with Crippen molar-refractivity contribution in [2.45, 2.75) is 33.1 Å². The van der Waals surface area contributed by atoms with Crippen LogP contribution in [0.15, 0.2) is 12.1 Å². The first-order chi connectivity index (χ1) is 9.01. The predicted molar refractivity (Wildman–Crippen MR) is 77.8 cm³/mol. The van der Waals surface area contributed by atoms with Gasteiger partial charge in [-0.1, -0.05) is 19.9 Å². The quantitative estimate of drug-likeness (QED) is 0.888. The minimum Gasteiger partial charge on any atom is -0.496 e. The topological polar surface area (TPSA) is 44.5 Å². The third kappa shape index (κ3) is 2.77. The van der Waals surface area contributed by atoms with Crippen LogP contribution in [0.2, 0.25) is 0 Å². The van der Waals surface area contributed by atoms with Gasteiger partial charge in [-0.05, 0) is 42.0 Å². The van der Waals surface area contributed by atoms with E-state index in [1.807, 2.05) is 0 Å². The molecule has 0 aliphatic carbocycles. The molecule has 3 heteroatoms. The van der Waals surface area contributed by atoms with Crippen molar-refractivity contribution in [2.75, 3.05) is 26.9 Å². The lowest BCUT2D eigenvalue weighted by atomic mass is 9.78. The summed E-state index contributed by atoms with van der Waals surface area (Å²) in [6.45, 7) is 8.80. The van der Waals surface area contributed by atoms with E-state index in [1.165, 1.54) is 16.7 Å². The molecule has 1 aliphatic rings. The van der Waals surface area contributed by atoms with Gasteiger partial charge in [0.05, 0.1) is 20.3 Å². The average molecular weight is 263 g/mol. The van der Waals surface area contributed by atoms with Crippen LogP contribution in [0.4, 0.5) is 0 Å². The minimum absolute atomic E-state index is 0.146. The number of nitrogens with two attached hydrogens (primary N) is 1. The highest BCUT2D eigenvalue weighted by Crippen LogP contribution is 2.35. The average Bonchev–Trinajstić information content (AvgIpc) is 2.34. The first kappa shape index (κ1) is 14.4. The number of aryl methyl sites for hydroxylation is 1. The van der Waals surface area contributed by atoms with Crippen LogP contribution in [-0.2, 0) is 11.2 Å². The summed E-state index contributed by atoms with van der Waals surface area (Å²) >= 11 is 0. The molecule has 0 amide bonds. The highest BCUT2D eigenvalue weighted by atomic mass is 16.5. The molecule has 0 radical (unpaired) electrons. The number of benzene rings is 1. The summed E-state index contributed by atoms with van der Waals surface area (Å²) < 4.78 is 10.8. The largest absolute Gasteiger partial charge is 0.496 e. The number of methoxy groups -OCH3 is 1. The Morgan fingerprint density at radius 2 is 2.05 bits per heavy atom. The van der Waals surface area contributed by atoms with Crippen molar-refractivity contribution in [3.63, 3.8) is 0 Å². The van der Waals surface area contributed by atoms with Gasteiger partial charge in [0.25, 0.3) is 0 Å². The molecule has 0 unspecified atom stereocenters. The van der Waals surface area contributed by atoms with Crippen LogP contribution in [0.5, 0.6) is 5.75 Å². The fourth-order valence-electron chi connectivity index (χ4n) is 2.65. The van der Waals surface area contributed by atoms with Crippen molar-refractivity contribution in [1.29, 1.82) is 0 Å². The first-order valence-corrected chi connectivity index (χ1v) is 6.96. The lowest BCUT2D eigenvalue weighted by Crippen LogP contribution is -2.49. The van der Waals surface area contributed by atoms with Crippen molar-refractivity contribution in [3.8, 4) is 5.75 Å². The van der Waals surface area contributed by atoms with Gasteiger partial charge >= 0.3 is 0 Å². The van der Waals surface area contributed by atoms with Gasteiger partial charge < -0.3 is 15.2 Å². The van der Waals surface area contributed by atoms with Crippen molar-refractivity contribution < 1.29 is 9.47 Å². The summed E-state index contributed by atoms with van der Waals surface area (Å²) in [5, 5.41) is 0. The maximum Gasteiger partial charge on any atom is 0.122 e. The van der Waals surface area contributed by atoms with Gasteiger partial charge in [0.15, 0.2) is 0 Å². The van der Waals surface area contributed by atoms with Crippen LogP contribution in [0, 0.1) is 12.3 Å². The number of rotatable bonds is 5. The second kappa shape index (κ2) is 5.51. The smallest absolute Gasteiger partial charge is 0.122 e. The Hall–Kier alpha value is -1.06. The Labute approximate surface area is 116 Å². The van der Waals surface area contributed by atoms with E-state index in [-0.39, 0.29) is 5.41 Å². The predicted octanol–water partition coefficient (Wildman–Crippen LogP) is 2.64. The minimum atomic E-state index is 0.146. The Kier molecular flexibility index (Phi) is 4.16. The van der Waals surface area contributed by atoms with Crippen LogP contribution in [-0.4, -0.2) is 26.9 Å². The zero-order valence-corrected chi connectivity index (χ0v) is 12.5. The van der Waals surface area contributed by atoms with Crippen LogP contribution < -0.4 is 10.5 Å². The molecule has 1 aliphatic heterocycles. The Morgan fingerprint density at radius 3 is 2.47 bits per heavy atom. The van der Waals surface area contributed by atoms with Crippen LogP contribution in [0.1, 0.15) is 36.5 Å². The molecule has 1 fully saturated rings. The number of hydrogen-bond donors (Lipinski definition) is 1. The molecule has 1 heterocycles. The van der Waals surface area contributed by atoms with E-state index in [9.17, 15) is 0 Å². The lowest BCUT2D eigenvalue weighted by Gasteiger charge is -2.41. The van der Waals surface area contributed by atoms with E-state index in [0.29, 0.717) is 12.5 Å². The summed E-state index contributed by atoms with van der Waals surface area (Å²) in [4.78, 5) is 0. The van der Waals surface area contributed by atoms with Crippen molar-refractivity contribution in [3.05, 3.63) is 28.8 Å². The fourth-order valence-corrected chi connectivity index (χ4v) is 2.65. The maximum absolute atomic E-state index is 5.92. The van der Waals surface area contributed by atoms with E-state index in [0.717, 1.165) is 25.4 Å². The Bertz CT molecular complexity index is 445.